The van der Waals surface area contributed by atoms with Gasteiger partial charge in [-0.1, -0.05) is 6.08 Å². The summed E-state index contributed by atoms with van der Waals surface area (Å²) in [5.41, 5.74) is 2.90. The van der Waals surface area contributed by atoms with Crippen molar-refractivity contribution in [1.29, 1.82) is 0 Å². The predicted molar refractivity (Wildman–Crippen MR) is 57.0 cm³/mol. The summed E-state index contributed by atoms with van der Waals surface area (Å²) in [6, 6.07) is 4.65. The van der Waals surface area contributed by atoms with Gasteiger partial charge in [0.25, 0.3) is 0 Å². The number of halogens is 1. The lowest BCUT2D eigenvalue weighted by Crippen LogP contribution is -2.07. The van der Waals surface area contributed by atoms with Crippen molar-refractivity contribution in [3.63, 3.8) is 0 Å². The molecule has 0 unspecified atom stereocenters. The molecule has 0 aliphatic carbocycles. The predicted octanol–water partition coefficient (Wildman–Crippen LogP) is 2.56. The maximum absolute atomic E-state index is 12.9. The quantitative estimate of drug-likeness (QED) is 0.770. The third-order valence-corrected chi connectivity index (χ3v) is 2.69. The number of fused-ring (bicyclic) bond motifs is 1. The fourth-order valence-corrected chi connectivity index (χ4v) is 1.93. The molecule has 0 spiro atoms. The zero-order chi connectivity index (χ0) is 10.3. The van der Waals surface area contributed by atoms with E-state index in [-0.39, 0.29) is 5.82 Å². The molecule has 15 heavy (non-hydrogen) atoms. The molecule has 0 fully saturated rings. The van der Waals surface area contributed by atoms with Gasteiger partial charge in [0.15, 0.2) is 0 Å². The Morgan fingerprint density at radius 2 is 2.27 bits per heavy atom. The Bertz CT molecular complexity index is 542. The van der Waals surface area contributed by atoms with Crippen LogP contribution >= 0.6 is 0 Å². The van der Waals surface area contributed by atoms with Gasteiger partial charge < -0.3 is 9.73 Å². The second-order valence-corrected chi connectivity index (χ2v) is 3.65. The Morgan fingerprint density at radius 3 is 3.07 bits per heavy atom. The summed E-state index contributed by atoms with van der Waals surface area (Å²) in [6.45, 7) is 1.75. The molecule has 3 rings (SSSR count). The Kier molecular flexibility index (Phi) is 1.86. The number of hydrogen-bond donors (Lipinski definition) is 1. The first-order valence-corrected chi connectivity index (χ1v) is 4.91. The molecule has 0 radical (unpaired) electrons. The van der Waals surface area contributed by atoms with E-state index in [1.54, 1.807) is 12.3 Å². The van der Waals surface area contributed by atoms with Gasteiger partial charge in [0, 0.05) is 30.1 Å². The van der Waals surface area contributed by atoms with Crippen LogP contribution < -0.4 is 5.32 Å². The Balaban J connectivity index is 2.19. The molecule has 3 heteroatoms. The minimum Gasteiger partial charge on any atom is -0.464 e. The highest BCUT2D eigenvalue weighted by molar-refractivity contribution is 5.91. The topological polar surface area (TPSA) is 25.2 Å². The number of hydrogen-bond acceptors (Lipinski definition) is 2. The Morgan fingerprint density at radius 1 is 1.33 bits per heavy atom. The van der Waals surface area contributed by atoms with Crippen molar-refractivity contribution in [2.45, 2.75) is 0 Å². The average molecular weight is 203 g/mol. The van der Waals surface area contributed by atoms with Gasteiger partial charge in [-0.05, 0) is 17.7 Å². The Hall–Kier alpha value is -1.61. The van der Waals surface area contributed by atoms with Crippen LogP contribution in [0.2, 0.25) is 0 Å². The summed E-state index contributed by atoms with van der Waals surface area (Å²) in [5, 5.41) is 4.21. The Labute approximate surface area is 86.4 Å². The van der Waals surface area contributed by atoms with Gasteiger partial charge in [0.2, 0.25) is 0 Å². The summed E-state index contributed by atoms with van der Waals surface area (Å²) >= 11 is 0. The second kappa shape index (κ2) is 3.21. The lowest BCUT2D eigenvalue weighted by molar-refractivity contribution is 0.598. The summed E-state index contributed by atoms with van der Waals surface area (Å²) in [7, 11) is 0. The lowest BCUT2D eigenvalue weighted by atomic mass is 10.1. The molecule has 2 aromatic rings. The maximum Gasteiger partial charge on any atom is 0.137 e. The van der Waals surface area contributed by atoms with Gasteiger partial charge >= 0.3 is 0 Å². The maximum atomic E-state index is 12.9. The molecule has 76 valence electrons. The first kappa shape index (κ1) is 8.68. The van der Waals surface area contributed by atoms with Gasteiger partial charge in [-0.2, -0.15) is 0 Å². The second-order valence-electron chi connectivity index (χ2n) is 3.65. The van der Waals surface area contributed by atoms with Gasteiger partial charge in [0.1, 0.15) is 11.4 Å². The van der Waals surface area contributed by atoms with Gasteiger partial charge in [-0.3, -0.25) is 0 Å². The van der Waals surface area contributed by atoms with Crippen LogP contribution in [-0.4, -0.2) is 13.1 Å². The number of nitrogens with one attached hydrogen (secondary N) is 1. The van der Waals surface area contributed by atoms with Crippen molar-refractivity contribution >= 4 is 16.5 Å². The van der Waals surface area contributed by atoms with E-state index in [1.165, 1.54) is 17.7 Å². The summed E-state index contributed by atoms with van der Waals surface area (Å²) < 4.78 is 18.3. The zero-order valence-electron chi connectivity index (χ0n) is 8.09. The van der Waals surface area contributed by atoms with Crippen molar-refractivity contribution in [3.05, 3.63) is 41.9 Å². The van der Waals surface area contributed by atoms with Crippen LogP contribution in [0.5, 0.6) is 0 Å². The average Bonchev–Trinajstić information content (AvgIpc) is 2.82. The third-order valence-electron chi connectivity index (χ3n) is 2.69. The van der Waals surface area contributed by atoms with Gasteiger partial charge in [-0.25, -0.2) is 4.39 Å². The van der Waals surface area contributed by atoms with Crippen LogP contribution in [0.3, 0.4) is 0 Å². The molecule has 0 saturated carbocycles. The fraction of sp³-hybridized carbons (Fsp3) is 0.167. The van der Waals surface area contributed by atoms with E-state index in [0.29, 0.717) is 5.58 Å². The molecule has 0 saturated heterocycles. The van der Waals surface area contributed by atoms with E-state index in [0.717, 1.165) is 24.0 Å². The largest absolute Gasteiger partial charge is 0.464 e. The smallest absolute Gasteiger partial charge is 0.137 e. The van der Waals surface area contributed by atoms with E-state index >= 15 is 0 Å². The minimum atomic E-state index is -0.262. The number of rotatable bonds is 1. The highest BCUT2D eigenvalue weighted by Crippen LogP contribution is 2.28. The summed E-state index contributed by atoms with van der Waals surface area (Å²) in [4.78, 5) is 0. The van der Waals surface area contributed by atoms with Crippen LogP contribution in [0, 0.1) is 5.82 Å². The zero-order valence-corrected chi connectivity index (χ0v) is 8.09. The molecule has 1 aliphatic rings. The van der Waals surface area contributed by atoms with Crippen LogP contribution in [0.25, 0.3) is 16.5 Å². The molecular weight excluding hydrogens is 193 g/mol. The van der Waals surface area contributed by atoms with Crippen molar-refractivity contribution in [2.24, 2.45) is 0 Å². The standard InChI is InChI=1S/C12H10FNO/c13-9-1-2-10-11(7-15-12(10)5-9)8-3-4-14-6-8/h1-3,5,7,14H,4,6H2. The molecule has 0 bridgehead atoms. The molecule has 2 heterocycles. The SMILES string of the molecule is Fc1ccc2c(C3=CCNC3)coc2c1. The highest BCUT2D eigenvalue weighted by atomic mass is 19.1. The lowest BCUT2D eigenvalue weighted by Gasteiger charge is -1.97. The van der Waals surface area contributed by atoms with E-state index in [9.17, 15) is 4.39 Å². The fourth-order valence-electron chi connectivity index (χ4n) is 1.93. The molecule has 1 aromatic heterocycles. The van der Waals surface area contributed by atoms with Gasteiger partial charge in [-0.15, -0.1) is 0 Å². The highest BCUT2D eigenvalue weighted by Gasteiger charge is 2.13. The van der Waals surface area contributed by atoms with Crippen molar-refractivity contribution in [3.8, 4) is 0 Å². The molecule has 0 atom stereocenters. The van der Waals surface area contributed by atoms with E-state index in [4.69, 9.17) is 4.42 Å². The monoisotopic (exact) mass is 203 g/mol. The molecule has 2 nitrogen and oxygen atoms in total. The summed E-state index contributed by atoms with van der Waals surface area (Å²) in [5.74, 6) is -0.262. The van der Waals surface area contributed by atoms with E-state index in [1.807, 2.05) is 0 Å². The van der Waals surface area contributed by atoms with Crippen LogP contribution in [0.1, 0.15) is 5.56 Å². The number of furan rings is 1. The van der Waals surface area contributed by atoms with Crippen LogP contribution in [0.15, 0.2) is 35.0 Å². The van der Waals surface area contributed by atoms with Gasteiger partial charge in [0.05, 0.1) is 6.26 Å². The van der Waals surface area contributed by atoms with Crippen LogP contribution in [0.4, 0.5) is 4.39 Å². The van der Waals surface area contributed by atoms with E-state index < -0.39 is 0 Å². The van der Waals surface area contributed by atoms with Crippen molar-refractivity contribution in [1.82, 2.24) is 5.32 Å². The molecular formula is C12H10FNO. The van der Waals surface area contributed by atoms with Crippen LogP contribution in [-0.2, 0) is 0 Å². The summed E-state index contributed by atoms with van der Waals surface area (Å²) in [6.07, 6.45) is 3.83. The van der Waals surface area contributed by atoms with E-state index in [2.05, 4.69) is 11.4 Å². The molecule has 1 aromatic carbocycles. The van der Waals surface area contributed by atoms with Crippen molar-refractivity contribution < 1.29 is 8.81 Å². The number of benzene rings is 1. The molecule has 1 aliphatic heterocycles. The normalized spacial score (nSPS) is 15.9. The third kappa shape index (κ3) is 1.36. The van der Waals surface area contributed by atoms with Crippen molar-refractivity contribution in [2.75, 3.05) is 13.1 Å². The minimum absolute atomic E-state index is 0.262. The first-order chi connectivity index (χ1) is 7.34. The molecule has 0 amide bonds. The first-order valence-electron chi connectivity index (χ1n) is 4.91. The molecule has 1 N–H and O–H groups in total.